The molecule has 1 fully saturated rings. The highest BCUT2D eigenvalue weighted by Gasteiger charge is 2.48. The molecule has 0 bridgehead atoms. The van der Waals surface area contributed by atoms with Gasteiger partial charge in [0.05, 0.1) is 29.7 Å². The number of carboxylic acid groups (broad SMARTS) is 1. The number of pyridine rings is 1. The molecule has 0 atom stereocenters. The molecule has 0 saturated carbocycles. The van der Waals surface area contributed by atoms with Gasteiger partial charge in [-0.3, -0.25) is 9.59 Å². The number of amides is 1. The average molecular weight is 518 g/mol. The molecule has 8 nitrogen and oxygen atoms in total. The summed E-state index contributed by atoms with van der Waals surface area (Å²) in [6, 6.07) is 2.48. The molecule has 2 heterocycles. The van der Waals surface area contributed by atoms with Crippen molar-refractivity contribution in [1.82, 2.24) is 9.88 Å². The maximum absolute atomic E-state index is 15.7. The van der Waals surface area contributed by atoms with Crippen LogP contribution in [0.15, 0.2) is 35.3 Å². The van der Waals surface area contributed by atoms with Crippen molar-refractivity contribution in [2.45, 2.75) is 11.8 Å². The molecule has 36 heavy (non-hydrogen) atoms. The van der Waals surface area contributed by atoms with Crippen molar-refractivity contribution in [2.24, 2.45) is 5.73 Å². The van der Waals surface area contributed by atoms with Gasteiger partial charge < -0.3 is 25.6 Å². The number of halogens is 7. The third kappa shape index (κ3) is 4.10. The van der Waals surface area contributed by atoms with Crippen LogP contribution in [-0.4, -0.2) is 46.5 Å². The number of alkyl halides is 3. The Kier molecular flexibility index (Phi) is 5.70. The van der Waals surface area contributed by atoms with Gasteiger partial charge in [0.1, 0.15) is 34.4 Å². The van der Waals surface area contributed by atoms with Gasteiger partial charge in [-0.25, -0.2) is 22.4 Å². The van der Waals surface area contributed by atoms with Crippen LogP contribution < -0.4 is 21.4 Å². The summed E-state index contributed by atoms with van der Waals surface area (Å²) >= 11 is 0. The number of anilines is 1. The van der Waals surface area contributed by atoms with E-state index < -0.39 is 93.3 Å². The summed E-state index contributed by atoms with van der Waals surface area (Å²) in [6.07, 6.45) is -4.69. The van der Waals surface area contributed by atoms with E-state index in [0.29, 0.717) is 22.9 Å². The largest absolute Gasteiger partial charge is 0.477 e. The molecule has 1 aromatic heterocycles. The third-order valence-corrected chi connectivity index (χ3v) is 5.44. The van der Waals surface area contributed by atoms with Crippen LogP contribution in [0.4, 0.5) is 36.4 Å². The van der Waals surface area contributed by atoms with E-state index in [2.05, 4.69) is 0 Å². The number of aromatic carboxylic acids is 1. The number of carbonyl (C=O) groups excluding carboxylic acids is 1. The number of carboxylic acids is 1. The Morgan fingerprint density at radius 1 is 1.06 bits per heavy atom. The van der Waals surface area contributed by atoms with E-state index in [9.17, 15) is 45.8 Å². The van der Waals surface area contributed by atoms with Crippen LogP contribution in [0.3, 0.4) is 0 Å². The van der Waals surface area contributed by atoms with Crippen LogP contribution in [0.5, 0.6) is 0 Å². The number of nitrogens with two attached hydrogens (primary N) is 1. The van der Waals surface area contributed by atoms with E-state index in [0.717, 1.165) is 17.0 Å². The van der Waals surface area contributed by atoms with Gasteiger partial charge in [-0.1, -0.05) is 0 Å². The lowest BCUT2D eigenvalue weighted by molar-refractivity contribution is -0.176. The standard InChI is InChI=1S/C21H13F7N4O4/c22-8-1-2-13(11(23)3-8)32-5-10(18(34)35)17(33)9-4-12(24)16(14(25)15(9)32)31-6-20(29,7-31)30-19(36)21(26,27)28/h1-5H,6-7,29H2,(H,30,36)(H,34,35). The summed E-state index contributed by atoms with van der Waals surface area (Å²) < 4.78 is 96.7. The molecule has 15 heteroatoms. The van der Waals surface area contributed by atoms with Crippen molar-refractivity contribution in [3.63, 3.8) is 0 Å². The second kappa shape index (κ2) is 8.22. The predicted octanol–water partition coefficient (Wildman–Crippen LogP) is 2.40. The van der Waals surface area contributed by atoms with Crippen LogP contribution in [0.25, 0.3) is 16.6 Å². The molecule has 3 aromatic rings. The van der Waals surface area contributed by atoms with Crippen molar-refractivity contribution in [1.29, 1.82) is 0 Å². The Hall–Kier alpha value is -4.14. The molecule has 0 aliphatic carbocycles. The number of nitrogens with one attached hydrogen (secondary N) is 1. The Morgan fingerprint density at radius 3 is 2.25 bits per heavy atom. The molecule has 1 saturated heterocycles. The summed E-state index contributed by atoms with van der Waals surface area (Å²) in [6.45, 7) is -1.37. The van der Waals surface area contributed by atoms with Crippen molar-refractivity contribution < 1.29 is 45.4 Å². The Bertz CT molecular complexity index is 1500. The summed E-state index contributed by atoms with van der Waals surface area (Å²) in [4.78, 5) is 36.1. The highest BCUT2D eigenvalue weighted by atomic mass is 19.4. The zero-order chi connectivity index (χ0) is 26.7. The SMILES string of the molecule is NC1(NC(=O)C(F)(F)F)CN(c2c(F)cc3c(=O)c(C(=O)O)cn(-c4ccc(F)cc4F)c3c2F)C1. The van der Waals surface area contributed by atoms with Gasteiger partial charge in [0.25, 0.3) is 0 Å². The van der Waals surface area contributed by atoms with E-state index >= 15 is 4.39 Å². The molecule has 0 radical (unpaired) electrons. The summed E-state index contributed by atoms with van der Waals surface area (Å²) in [5.74, 6) is -9.37. The fourth-order valence-electron chi connectivity index (χ4n) is 3.88. The zero-order valence-corrected chi connectivity index (χ0v) is 17.6. The van der Waals surface area contributed by atoms with Crippen molar-refractivity contribution in [3.8, 4) is 5.69 Å². The topological polar surface area (TPSA) is 118 Å². The predicted molar refractivity (Wildman–Crippen MR) is 110 cm³/mol. The van der Waals surface area contributed by atoms with Crippen molar-refractivity contribution in [2.75, 3.05) is 18.0 Å². The summed E-state index contributed by atoms with van der Waals surface area (Å²) in [7, 11) is 0. The first kappa shape index (κ1) is 25.0. The fourth-order valence-corrected chi connectivity index (χ4v) is 3.88. The number of nitrogens with zero attached hydrogens (tertiary/aromatic N) is 2. The molecule has 4 N–H and O–H groups in total. The molecule has 0 spiro atoms. The number of rotatable bonds is 4. The van der Waals surface area contributed by atoms with Gasteiger partial charge in [-0.2, -0.15) is 13.2 Å². The van der Waals surface area contributed by atoms with E-state index in [1.807, 2.05) is 0 Å². The Balaban J connectivity index is 1.88. The molecule has 1 amide bonds. The number of fused-ring (bicyclic) bond motifs is 1. The van der Waals surface area contributed by atoms with Gasteiger partial charge in [0, 0.05) is 12.3 Å². The van der Waals surface area contributed by atoms with Gasteiger partial charge in [0.15, 0.2) is 5.82 Å². The minimum Gasteiger partial charge on any atom is -0.477 e. The molecule has 1 aliphatic heterocycles. The van der Waals surface area contributed by atoms with E-state index in [1.165, 1.54) is 5.32 Å². The number of benzene rings is 2. The smallest absolute Gasteiger partial charge is 0.471 e. The first-order chi connectivity index (χ1) is 16.6. The van der Waals surface area contributed by atoms with Gasteiger partial charge in [0.2, 0.25) is 5.43 Å². The number of hydrogen-bond acceptors (Lipinski definition) is 5. The van der Waals surface area contributed by atoms with E-state index in [4.69, 9.17) is 5.73 Å². The zero-order valence-electron chi connectivity index (χ0n) is 17.6. The van der Waals surface area contributed by atoms with Gasteiger partial charge in [-0.05, 0) is 18.2 Å². The quantitative estimate of drug-likeness (QED) is 0.361. The average Bonchev–Trinajstić information content (AvgIpc) is 2.72. The van der Waals surface area contributed by atoms with Crippen molar-refractivity contribution >= 4 is 28.5 Å². The summed E-state index contributed by atoms with van der Waals surface area (Å²) in [5, 5.41) is 10.0. The molecule has 4 rings (SSSR count). The molecule has 0 unspecified atom stereocenters. The van der Waals surface area contributed by atoms with Crippen LogP contribution in [-0.2, 0) is 4.79 Å². The molecular formula is C21H13F7N4O4. The lowest BCUT2D eigenvalue weighted by Crippen LogP contribution is -2.77. The highest BCUT2D eigenvalue weighted by molar-refractivity contribution is 5.94. The normalized spacial score (nSPS) is 15.1. The van der Waals surface area contributed by atoms with Gasteiger partial charge in [-0.15, -0.1) is 0 Å². The van der Waals surface area contributed by atoms with Crippen LogP contribution in [0.1, 0.15) is 10.4 Å². The van der Waals surface area contributed by atoms with Crippen molar-refractivity contribution in [3.05, 3.63) is 69.5 Å². The third-order valence-electron chi connectivity index (χ3n) is 5.44. The maximum atomic E-state index is 15.7. The molecule has 1 aliphatic rings. The minimum atomic E-state index is -5.26. The molecule has 190 valence electrons. The fraction of sp³-hybridized carbons (Fsp3) is 0.190. The van der Waals surface area contributed by atoms with Crippen LogP contribution >= 0.6 is 0 Å². The highest BCUT2D eigenvalue weighted by Crippen LogP contribution is 2.35. The Labute approximate surface area is 195 Å². The first-order valence-electron chi connectivity index (χ1n) is 9.82. The molecule has 2 aromatic carbocycles. The number of hydrogen-bond donors (Lipinski definition) is 3. The second-order valence-corrected chi connectivity index (χ2v) is 8.02. The lowest BCUT2D eigenvalue weighted by Gasteiger charge is -2.49. The molecular weight excluding hydrogens is 505 g/mol. The monoisotopic (exact) mass is 518 g/mol. The minimum absolute atomic E-state index is 0.406. The van der Waals surface area contributed by atoms with E-state index in [-0.39, 0.29) is 0 Å². The van der Waals surface area contributed by atoms with Crippen LogP contribution in [0, 0.1) is 23.3 Å². The maximum Gasteiger partial charge on any atom is 0.471 e. The number of aromatic nitrogens is 1. The number of carbonyl (C=O) groups is 2. The second-order valence-electron chi connectivity index (χ2n) is 8.02. The first-order valence-corrected chi connectivity index (χ1v) is 9.82. The van der Waals surface area contributed by atoms with E-state index in [1.54, 1.807) is 0 Å². The Morgan fingerprint density at radius 2 is 1.69 bits per heavy atom. The summed E-state index contributed by atoms with van der Waals surface area (Å²) in [5.41, 5.74) is -0.904. The lowest BCUT2D eigenvalue weighted by atomic mass is 9.98. The van der Waals surface area contributed by atoms with Crippen LogP contribution in [0.2, 0.25) is 0 Å². The van der Waals surface area contributed by atoms with Gasteiger partial charge >= 0.3 is 18.1 Å².